The maximum absolute atomic E-state index is 13.0. The molecule has 4 rings (SSSR count). The number of para-hydroxylation sites is 2. The fourth-order valence-electron chi connectivity index (χ4n) is 2.15. The molecule has 0 saturated heterocycles. The van der Waals surface area contributed by atoms with Gasteiger partial charge in [-0.25, -0.2) is 14.4 Å². The van der Waals surface area contributed by atoms with Gasteiger partial charge in [-0.3, -0.25) is 0 Å². The minimum absolute atomic E-state index is 0.239. The Kier molecular flexibility index (Phi) is 3.85. The number of aromatic nitrogens is 2. The summed E-state index contributed by atoms with van der Waals surface area (Å²) in [6.07, 6.45) is 0. The number of thiazole rings is 1. The zero-order valence-corrected chi connectivity index (χ0v) is 13.5. The van der Waals surface area contributed by atoms with Crippen LogP contribution in [0.25, 0.3) is 21.7 Å². The monoisotopic (exact) mass is 342 g/mol. The van der Waals surface area contributed by atoms with Crippen LogP contribution < -0.4 is 0 Å². The minimum atomic E-state index is -0.239. The fraction of sp³-hybridized carbons (Fsp3) is 0.0588. The number of hydrogen-bond acceptors (Lipinski definition) is 5. The van der Waals surface area contributed by atoms with E-state index in [9.17, 15) is 4.39 Å². The van der Waals surface area contributed by atoms with Gasteiger partial charge in [0.25, 0.3) is 5.22 Å². The van der Waals surface area contributed by atoms with Crippen LogP contribution in [0.5, 0.6) is 0 Å². The summed E-state index contributed by atoms with van der Waals surface area (Å²) >= 11 is 3.07. The summed E-state index contributed by atoms with van der Waals surface area (Å²) in [6.45, 7) is 0. The van der Waals surface area contributed by atoms with Crippen LogP contribution in [0.15, 0.2) is 63.6 Å². The van der Waals surface area contributed by atoms with Crippen LogP contribution in [0, 0.1) is 5.82 Å². The second kappa shape index (κ2) is 6.14. The van der Waals surface area contributed by atoms with Crippen molar-refractivity contribution in [1.29, 1.82) is 0 Å². The topological polar surface area (TPSA) is 38.9 Å². The molecule has 0 aliphatic rings. The van der Waals surface area contributed by atoms with Crippen molar-refractivity contribution in [1.82, 2.24) is 9.97 Å². The van der Waals surface area contributed by atoms with Crippen LogP contribution in [0.4, 0.5) is 4.39 Å². The second-order valence-electron chi connectivity index (χ2n) is 4.89. The van der Waals surface area contributed by atoms with E-state index < -0.39 is 0 Å². The van der Waals surface area contributed by atoms with Crippen molar-refractivity contribution in [3.63, 3.8) is 0 Å². The van der Waals surface area contributed by atoms with E-state index in [2.05, 4.69) is 9.97 Å². The number of halogens is 1. The Labute approximate surface area is 140 Å². The average Bonchev–Trinajstić information content (AvgIpc) is 3.20. The number of rotatable bonds is 4. The molecule has 0 aliphatic heterocycles. The van der Waals surface area contributed by atoms with Crippen LogP contribution in [0.1, 0.15) is 5.69 Å². The van der Waals surface area contributed by atoms with Gasteiger partial charge < -0.3 is 4.42 Å². The van der Waals surface area contributed by atoms with Crippen molar-refractivity contribution < 1.29 is 8.81 Å². The third-order valence-electron chi connectivity index (χ3n) is 3.26. The molecule has 6 heteroatoms. The van der Waals surface area contributed by atoms with Crippen LogP contribution in [0.2, 0.25) is 0 Å². The molecule has 0 amide bonds. The highest BCUT2D eigenvalue weighted by Gasteiger charge is 2.09. The molecule has 23 heavy (non-hydrogen) atoms. The first-order valence-electron chi connectivity index (χ1n) is 6.97. The van der Waals surface area contributed by atoms with Gasteiger partial charge in [-0.1, -0.05) is 23.9 Å². The van der Waals surface area contributed by atoms with E-state index in [-0.39, 0.29) is 5.82 Å². The first-order chi connectivity index (χ1) is 11.3. The third kappa shape index (κ3) is 3.13. The number of hydrogen-bond donors (Lipinski definition) is 0. The number of benzene rings is 2. The van der Waals surface area contributed by atoms with Crippen molar-refractivity contribution in [2.24, 2.45) is 0 Å². The molecule has 0 spiro atoms. The van der Waals surface area contributed by atoms with Crippen LogP contribution in [-0.4, -0.2) is 9.97 Å². The van der Waals surface area contributed by atoms with E-state index in [4.69, 9.17) is 4.42 Å². The standard InChI is InChI=1S/C17H11FN2OS2/c18-12-7-5-11(6-8-12)16-19-13(9-22-16)10-23-17-20-14-3-1-2-4-15(14)21-17/h1-9H,10H2. The molecule has 2 heterocycles. The molecule has 3 nitrogen and oxygen atoms in total. The number of thioether (sulfide) groups is 1. The molecule has 0 saturated carbocycles. The molecular formula is C17H11FN2OS2. The second-order valence-corrected chi connectivity index (χ2v) is 6.67. The van der Waals surface area contributed by atoms with Crippen molar-refractivity contribution in [3.8, 4) is 10.6 Å². The summed E-state index contributed by atoms with van der Waals surface area (Å²) in [5.41, 5.74) is 3.54. The molecule has 4 aromatic rings. The lowest BCUT2D eigenvalue weighted by molar-refractivity contribution is 0.489. The van der Waals surface area contributed by atoms with Gasteiger partial charge in [0.15, 0.2) is 5.58 Å². The average molecular weight is 342 g/mol. The van der Waals surface area contributed by atoms with Gasteiger partial charge in [-0.15, -0.1) is 11.3 Å². The van der Waals surface area contributed by atoms with Gasteiger partial charge in [0.1, 0.15) is 16.3 Å². The lowest BCUT2D eigenvalue weighted by Gasteiger charge is -1.95. The summed E-state index contributed by atoms with van der Waals surface area (Å²) in [4.78, 5) is 9.02. The Morgan fingerprint density at radius 1 is 1.04 bits per heavy atom. The quantitative estimate of drug-likeness (QED) is 0.467. The summed E-state index contributed by atoms with van der Waals surface area (Å²) in [5, 5.41) is 3.54. The van der Waals surface area contributed by atoms with Crippen molar-refractivity contribution >= 4 is 34.2 Å². The summed E-state index contributed by atoms with van der Waals surface area (Å²) < 4.78 is 18.6. The Hall–Kier alpha value is -2.18. The molecule has 0 bridgehead atoms. The summed E-state index contributed by atoms with van der Waals surface area (Å²) in [6, 6.07) is 14.1. The molecule has 0 atom stereocenters. The molecule has 0 fully saturated rings. The fourth-order valence-corrected chi connectivity index (χ4v) is 3.81. The van der Waals surface area contributed by atoms with Crippen LogP contribution in [-0.2, 0) is 5.75 Å². The highest BCUT2D eigenvalue weighted by molar-refractivity contribution is 7.98. The van der Waals surface area contributed by atoms with Crippen molar-refractivity contribution in [2.75, 3.05) is 0 Å². The molecule has 0 unspecified atom stereocenters. The maximum Gasteiger partial charge on any atom is 0.257 e. The van der Waals surface area contributed by atoms with E-state index in [1.54, 1.807) is 23.5 Å². The first-order valence-corrected chi connectivity index (χ1v) is 8.83. The Bertz CT molecular complexity index is 914. The van der Waals surface area contributed by atoms with Crippen molar-refractivity contribution in [3.05, 3.63) is 65.4 Å². The Balaban J connectivity index is 1.48. The molecule has 0 N–H and O–H groups in total. The normalized spacial score (nSPS) is 11.2. The van der Waals surface area contributed by atoms with E-state index in [1.807, 2.05) is 29.6 Å². The SMILES string of the molecule is Fc1ccc(-c2nc(CSc3nc4ccccc4o3)cs2)cc1. The molecular weight excluding hydrogens is 331 g/mol. The highest BCUT2D eigenvalue weighted by atomic mass is 32.2. The van der Waals surface area contributed by atoms with E-state index in [1.165, 1.54) is 23.9 Å². The number of fused-ring (bicyclic) bond motifs is 1. The maximum atomic E-state index is 13.0. The van der Waals surface area contributed by atoms with Crippen LogP contribution in [0.3, 0.4) is 0 Å². The zero-order chi connectivity index (χ0) is 15.6. The van der Waals surface area contributed by atoms with Gasteiger partial charge >= 0.3 is 0 Å². The minimum Gasteiger partial charge on any atom is -0.431 e. The highest BCUT2D eigenvalue weighted by Crippen LogP contribution is 2.29. The van der Waals surface area contributed by atoms with Gasteiger partial charge in [0.05, 0.1) is 5.69 Å². The molecule has 0 aliphatic carbocycles. The summed E-state index contributed by atoms with van der Waals surface area (Å²) in [7, 11) is 0. The van der Waals surface area contributed by atoms with E-state index in [0.717, 1.165) is 27.4 Å². The van der Waals surface area contributed by atoms with E-state index >= 15 is 0 Å². The molecule has 0 radical (unpaired) electrons. The largest absolute Gasteiger partial charge is 0.431 e. The predicted molar refractivity (Wildman–Crippen MR) is 91.1 cm³/mol. The lowest BCUT2D eigenvalue weighted by Crippen LogP contribution is -1.82. The molecule has 114 valence electrons. The summed E-state index contributed by atoms with van der Waals surface area (Å²) in [5.74, 6) is 0.446. The third-order valence-corrected chi connectivity index (χ3v) is 5.06. The lowest BCUT2D eigenvalue weighted by atomic mass is 10.2. The van der Waals surface area contributed by atoms with Gasteiger partial charge in [0, 0.05) is 16.7 Å². The molecule has 2 aromatic carbocycles. The zero-order valence-electron chi connectivity index (χ0n) is 11.9. The number of nitrogens with zero attached hydrogens (tertiary/aromatic N) is 2. The predicted octanol–water partition coefficient (Wildman–Crippen LogP) is 5.38. The van der Waals surface area contributed by atoms with Crippen molar-refractivity contribution in [2.45, 2.75) is 11.0 Å². The van der Waals surface area contributed by atoms with Gasteiger partial charge in [-0.2, -0.15) is 0 Å². The smallest absolute Gasteiger partial charge is 0.257 e. The number of oxazole rings is 1. The van der Waals surface area contributed by atoms with E-state index in [0.29, 0.717) is 11.0 Å². The first kappa shape index (κ1) is 14.4. The van der Waals surface area contributed by atoms with Gasteiger partial charge in [0.2, 0.25) is 0 Å². The Morgan fingerprint density at radius 2 is 1.87 bits per heavy atom. The van der Waals surface area contributed by atoms with Crippen LogP contribution >= 0.6 is 23.1 Å². The Morgan fingerprint density at radius 3 is 2.70 bits per heavy atom. The van der Waals surface area contributed by atoms with Gasteiger partial charge in [-0.05, 0) is 36.4 Å². The molecule has 2 aromatic heterocycles.